The topological polar surface area (TPSA) is 3.24 Å². The molecule has 1 atom stereocenters. The highest BCUT2D eigenvalue weighted by Crippen LogP contribution is 2.38. The summed E-state index contributed by atoms with van der Waals surface area (Å²) in [5, 5.41) is 0. The van der Waals surface area contributed by atoms with Crippen LogP contribution in [0, 0.1) is 11.8 Å². The lowest BCUT2D eigenvalue weighted by atomic mass is 9.85. The Labute approximate surface area is 85.5 Å². The van der Waals surface area contributed by atoms with E-state index in [0.29, 0.717) is 12.5 Å². The summed E-state index contributed by atoms with van der Waals surface area (Å²) in [7, 11) is 0. The van der Waals surface area contributed by atoms with Crippen LogP contribution in [0.3, 0.4) is 0 Å². The molecular weight excluding hydrogens is 184 g/mol. The van der Waals surface area contributed by atoms with E-state index in [0.717, 1.165) is 6.42 Å². The molecule has 3 heteroatoms. The Morgan fingerprint density at radius 3 is 2.14 bits per heavy atom. The van der Waals surface area contributed by atoms with Crippen molar-refractivity contribution in [2.45, 2.75) is 52.6 Å². The summed E-state index contributed by atoms with van der Waals surface area (Å²) in [5.41, 5.74) is 0. The van der Waals surface area contributed by atoms with Gasteiger partial charge in [-0.2, -0.15) is 8.78 Å². The molecule has 1 rings (SSSR count). The summed E-state index contributed by atoms with van der Waals surface area (Å²) in [6, 6.07) is -2.65. The van der Waals surface area contributed by atoms with E-state index in [2.05, 4.69) is 0 Å². The van der Waals surface area contributed by atoms with E-state index in [4.69, 9.17) is 0 Å². The van der Waals surface area contributed by atoms with Crippen molar-refractivity contribution in [3.8, 4) is 0 Å². The molecule has 1 unspecified atom stereocenters. The zero-order chi connectivity index (χ0) is 10.9. The van der Waals surface area contributed by atoms with Crippen molar-refractivity contribution in [1.82, 2.24) is 4.90 Å². The lowest BCUT2D eigenvalue weighted by Crippen LogP contribution is -2.51. The van der Waals surface area contributed by atoms with Gasteiger partial charge in [0.15, 0.2) is 0 Å². The fraction of sp³-hybridized carbons (Fsp3) is 1.00. The van der Waals surface area contributed by atoms with Crippen LogP contribution in [0.4, 0.5) is 8.78 Å². The Kier molecular flexibility index (Phi) is 3.51. The summed E-state index contributed by atoms with van der Waals surface area (Å²) < 4.78 is 27.3. The molecule has 0 radical (unpaired) electrons. The van der Waals surface area contributed by atoms with Gasteiger partial charge in [0.05, 0.1) is 0 Å². The highest BCUT2D eigenvalue weighted by molar-refractivity contribution is 4.84. The van der Waals surface area contributed by atoms with E-state index in [-0.39, 0.29) is 18.4 Å². The molecule has 14 heavy (non-hydrogen) atoms. The zero-order valence-corrected chi connectivity index (χ0v) is 9.56. The van der Waals surface area contributed by atoms with E-state index in [1.165, 1.54) is 4.90 Å². The van der Waals surface area contributed by atoms with Crippen LogP contribution in [0.25, 0.3) is 0 Å². The molecule has 0 aromatic heterocycles. The van der Waals surface area contributed by atoms with Gasteiger partial charge in [0.1, 0.15) is 0 Å². The second-order valence-corrected chi connectivity index (χ2v) is 4.95. The summed E-state index contributed by atoms with van der Waals surface area (Å²) >= 11 is 0. The van der Waals surface area contributed by atoms with Crippen molar-refractivity contribution in [2.75, 3.05) is 6.54 Å². The van der Waals surface area contributed by atoms with Crippen molar-refractivity contribution in [3.63, 3.8) is 0 Å². The molecule has 0 aromatic rings. The first-order chi connectivity index (χ1) is 6.34. The molecule has 1 saturated heterocycles. The van der Waals surface area contributed by atoms with Gasteiger partial charge in [0, 0.05) is 19.0 Å². The third-order valence-corrected chi connectivity index (χ3v) is 3.23. The zero-order valence-electron chi connectivity index (χ0n) is 9.56. The molecule has 1 aliphatic heterocycles. The summed E-state index contributed by atoms with van der Waals surface area (Å²) in [6.45, 7) is 8.28. The standard InChI is InChI=1S/C11H21F2N/c1-8(2)10-5-6-14(9(3)4)11(12,13)7-10/h8-10H,5-7H2,1-4H3. The minimum atomic E-state index is -2.60. The van der Waals surface area contributed by atoms with Gasteiger partial charge in [-0.25, -0.2) is 4.90 Å². The maximum Gasteiger partial charge on any atom is 0.305 e. The second-order valence-electron chi connectivity index (χ2n) is 4.95. The average Bonchev–Trinajstić information content (AvgIpc) is 2.01. The number of halogens is 2. The maximum absolute atomic E-state index is 13.7. The minimum Gasteiger partial charge on any atom is -0.242 e. The van der Waals surface area contributed by atoms with Crippen LogP contribution in [0.5, 0.6) is 0 Å². The van der Waals surface area contributed by atoms with Crippen LogP contribution in [-0.4, -0.2) is 23.5 Å². The fourth-order valence-electron chi connectivity index (χ4n) is 2.21. The molecular formula is C11H21F2N. The molecule has 84 valence electrons. The molecule has 1 aliphatic rings. The summed E-state index contributed by atoms with van der Waals surface area (Å²) in [4.78, 5) is 1.33. The Balaban J connectivity index is 2.65. The molecule has 0 N–H and O–H groups in total. The average molecular weight is 205 g/mol. The number of alkyl halides is 2. The summed E-state index contributed by atoms with van der Waals surface area (Å²) in [5.74, 6) is 0.551. The molecule has 1 heterocycles. The second kappa shape index (κ2) is 4.13. The third-order valence-electron chi connectivity index (χ3n) is 3.23. The van der Waals surface area contributed by atoms with Gasteiger partial charge in [0.25, 0.3) is 0 Å². The van der Waals surface area contributed by atoms with E-state index in [9.17, 15) is 8.78 Å². The first-order valence-electron chi connectivity index (χ1n) is 5.49. The van der Waals surface area contributed by atoms with Crippen LogP contribution in [0.1, 0.15) is 40.5 Å². The van der Waals surface area contributed by atoms with Crippen molar-refractivity contribution >= 4 is 0 Å². The van der Waals surface area contributed by atoms with E-state index in [1.54, 1.807) is 0 Å². The Bertz CT molecular complexity index is 190. The van der Waals surface area contributed by atoms with Crippen LogP contribution in [0.2, 0.25) is 0 Å². The van der Waals surface area contributed by atoms with Gasteiger partial charge in [-0.1, -0.05) is 13.8 Å². The number of rotatable bonds is 2. The molecule has 0 aliphatic carbocycles. The SMILES string of the molecule is CC(C)C1CCN(C(C)C)C(F)(F)C1. The first-order valence-corrected chi connectivity index (χ1v) is 5.49. The van der Waals surface area contributed by atoms with Crippen LogP contribution in [-0.2, 0) is 0 Å². The van der Waals surface area contributed by atoms with Crippen molar-refractivity contribution in [3.05, 3.63) is 0 Å². The number of likely N-dealkylation sites (tertiary alicyclic amines) is 1. The molecule has 0 aromatic carbocycles. The predicted molar refractivity (Wildman–Crippen MR) is 54.4 cm³/mol. The van der Waals surface area contributed by atoms with Gasteiger partial charge in [-0.3, -0.25) is 0 Å². The van der Waals surface area contributed by atoms with Crippen LogP contribution >= 0.6 is 0 Å². The van der Waals surface area contributed by atoms with Gasteiger partial charge in [-0.05, 0) is 32.1 Å². The number of nitrogens with zero attached hydrogens (tertiary/aromatic N) is 1. The monoisotopic (exact) mass is 205 g/mol. The molecule has 0 bridgehead atoms. The molecule has 0 spiro atoms. The normalized spacial score (nSPS) is 28.7. The van der Waals surface area contributed by atoms with Gasteiger partial charge in [-0.15, -0.1) is 0 Å². The molecule has 1 nitrogen and oxygen atoms in total. The molecule has 1 fully saturated rings. The quantitative estimate of drug-likeness (QED) is 0.625. The van der Waals surface area contributed by atoms with Crippen LogP contribution in [0.15, 0.2) is 0 Å². The van der Waals surface area contributed by atoms with E-state index >= 15 is 0 Å². The third kappa shape index (κ3) is 2.44. The van der Waals surface area contributed by atoms with Crippen molar-refractivity contribution < 1.29 is 8.78 Å². The molecule has 0 saturated carbocycles. The van der Waals surface area contributed by atoms with Crippen molar-refractivity contribution in [2.24, 2.45) is 11.8 Å². The van der Waals surface area contributed by atoms with E-state index in [1.807, 2.05) is 27.7 Å². The van der Waals surface area contributed by atoms with Crippen LogP contribution < -0.4 is 0 Å². The largest absolute Gasteiger partial charge is 0.305 e. The Morgan fingerprint density at radius 1 is 1.21 bits per heavy atom. The maximum atomic E-state index is 13.7. The highest BCUT2D eigenvalue weighted by Gasteiger charge is 2.44. The number of piperidine rings is 1. The Hall–Kier alpha value is -0.180. The fourth-order valence-corrected chi connectivity index (χ4v) is 2.21. The van der Waals surface area contributed by atoms with Gasteiger partial charge >= 0.3 is 6.05 Å². The number of hydrogen-bond acceptors (Lipinski definition) is 1. The lowest BCUT2D eigenvalue weighted by molar-refractivity contribution is -0.196. The molecule has 0 amide bonds. The lowest BCUT2D eigenvalue weighted by Gasteiger charge is -2.42. The Morgan fingerprint density at radius 2 is 1.79 bits per heavy atom. The minimum absolute atomic E-state index is 0.0306. The highest BCUT2D eigenvalue weighted by atomic mass is 19.3. The van der Waals surface area contributed by atoms with E-state index < -0.39 is 6.05 Å². The van der Waals surface area contributed by atoms with Gasteiger partial charge < -0.3 is 0 Å². The van der Waals surface area contributed by atoms with Crippen molar-refractivity contribution in [1.29, 1.82) is 0 Å². The smallest absolute Gasteiger partial charge is 0.242 e. The first kappa shape index (κ1) is 11.9. The predicted octanol–water partition coefficient (Wildman–Crippen LogP) is 3.36. The van der Waals surface area contributed by atoms with Gasteiger partial charge in [0.2, 0.25) is 0 Å². The summed E-state index contributed by atoms with van der Waals surface area (Å²) in [6.07, 6.45) is 0.939. The number of hydrogen-bond donors (Lipinski definition) is 0.